The number of pyridine rings is 1. The van der Waals surface area contributed by atoms with Gasteiger partial charge in [-0.1, -0.05) is 0 Å². The standard InChI is InChI=1S/C14H15N3O2S2/c1-10(8-12-6-5-11(2)20-12)17-21(18,19)14-4-3-7-16-13(14)9-15/h3-7,10,17H,8H2,1-2H3. The van der Waals surface area contributed by atoms with E-state index in [0.29, 0.717) is 6.42 Å². The number of hydrogen-bond donors (Lipinski definition) is 1. The third kappa shape index (κ3) is 3.88. The van der Waals surface area contributed by atoms with Crippen LogP contribution in [-0.4, -0.2) is 19.4 Å². The Morgan fingerprint density at radius 2 is 2.19 bits per heavy atom. The van der Waals surface area contributed by atoms with Crippen molar-refractivity contribution in [1.82, 2.24) is 9.71 Å². The molecule has 7 heteroatoms. The summed E-state index contributed by atoms with van der Waals surface area (Å²) < 4.78 is 27.2. The maximum atomic E-state index is 12.3. The second-order valence-corrected chi connectivity index (χ2v) is 7.76. The summed E-state index contributed by atoms with van der Waals surface area (Å²) in [6.07, 6.45) is 2.01. The minimum absolute atomic E-state index is 0.0817. The molecule has 2 aromatic heterocycles. The molecule has 2 aromatic rings. The number of thiophene rings is 1. The van der Waals surface area contributed by atoms with E-state index >= 15 is 0 Å². The van der Waals surface area contributed by atoms with Gasteiger partial charge >= 0.3 is 0 Å². The molecular weight excluding hydrogens is 306 g/mol. The second-order valence-electron chi connectivity index (χ2n) is 4.70. The molecule has 21 heavy (non-hydrogen) atoms. The molecule has 1 N–H and O–H groups in total. The van der Waals surface area contributed by atoms with Crippen LogP contribution in [0.4, 0.5) is 0 Å². The molecule has 0 aromatic carbocycles. The Morgan fingerprint density at radius 1 is 1.43 bits per heavy atom. The van der Waals surface area contributed by atoms with Crippen LogP contribution in [0.5, 0.6) is 0 Å². The van der Waals surface area contributed by atoms with Crippen molar-refractivity contribution in [2.45, 2.75) is 31.2 Å². The van der Waals surface area contributed by atoms with E-state index in [4.69, 9.17) is 5.26 Å². The molecule has 0 amide bonds. The van der Waals surface area contributed by atoms with Gasteiger partial charge in [-0.2, -0.15) is 5.26 Å². The molecule has 0 bridgehead atoms. The molecule has 0 aliphatic rings. The summed E-state index contributed by atoms with van der Waals surface area (Å²) in [4.78, 5) is 6.01. The van der Waals surface area contributed by atoms with E-state index in [0.717, 1.165) is 4.88 Å². The number of nitrogens with one attached hydrogen (secondary N) is 1. The fourth-order valence-electron chi connectivity index (χ4n) is 1.96. The number of hydrogen-bond acceptors (Lipinski definition) is 5. The zero-order valence-electron chi connectivity index (χ0n) is 11.7. The van der Waals surface area contributed by atoms with Crippen LogP contribution in [0.1, 0.15) is 22.4 Å². The second kappa shape index (κ2) is 6.35. The Morgan fingerprint density at radius 3 is 2.81 bits per heavy atom. The van der Waals surface area contributed by atoms with Crippen molar-refractivity contribution >= 4 is 21.4 Å². The van der Waals surface area contributed by atoms with Gasteiger partial charge in [-0.25, -0.2) is 18.1 Å². The van der Waals surface area contributed by atoms with Crippen LogP contribution >= 0.6 is 11.3 Å². The van der Waals surface area contributed by atoms with Gasteiger partial charge in [0.05, 0.1) is 0 Å². The first-order chi connectivity index (χ1) is 9.92. The first kappa shape index (κ1) is 15.6. The lowest BCUT2D eigenvalue weighted by atomic mass is 10.2. The van der Waals surface area contributed by atoms with E-state index in [1.807, 2.05) is 19.1 Å². The molecule has 0 aliphatic carbocycles. The number of aryl methyl sites for hydroxylation is 1. The van der Waals surface area contributed by atoms with Crippen LogP contribution in [0.2, 0.25) is 0 Å². The summed E-state index contributed by atoms with van der Waals surface area (Å²) >= 11 is 1.65. The molecule has 2 rings (SSSR count). The highest BCUT2D eigenvalue weighted by Crippen LogP contribution is 2.18. The van der Waals surface area contributed by atoms with Crippen molar-refractivity contribution in [1.29, 1.82) is 5.26 Å². The molecular formula is C14H15N3O2S2. The Kier molecular flexibility index (Phi) is 4.73. The fraction of sp³-hybridized carbons (Fsp3) is 0.286. The highest BCUT2D eigenvalue weighted by atomic mass is 32.2. The monoisotopic (exact) mass is 321 g/mol. The van der Waals surface area contributed by atoms with Gasteiger partial charge in [-0.05, 0) is 44.5 Å². The molecule has 1 atom stereocenters. The molecule has 1 unspecified atom stereocenters. The zero-order chi connectivity index (χ0) is 15.5. The fourth-order valence-corrected chi connectivity index (χ4v) is 4.33. The predicted molar refractivity (Wildman–Crippen MR) is 81.5 cm³/mol. The molecule has 0 fully saturated rings. The van der Waals surface area contributed by atoms with Gasteiger partial charge in [0.15, 0.2) is 5.69 Å². The Balaban J connectivity index is 2.15. The maximum Gasteiger partial charge on any atom is 0.243 e. The van der Waals surface area contributed by atoms with Crippen molar-refractivity contribution < 1.29 is 8.42 Å². The minimum atomic E-state index is -3.75. The van der Waals surface area contributed by atoms with E-state index in [1.165, 1.54) is 23.2 Å². The van der Waals surface area contributed by atoms with E-state index in [2.05, 4.69) is 9.71 Å². The summed E-state index contributed by atoms with van der Waals surface area (Å²) in [5.41, 5.74) is -0.0934. The van der Waals surface area contributed by atoms with E-state index in [-0.39, 0.29) is 16.6 Å². The maximum absolute atomic E-state index is 12.3. The Labute approximate surface area is 128 Å². The van der Waals surface area contributed by atoms with E-state index in [1.54, 1.807) is 24.3 Å². The van der Waals surface area contributed by atoms with E-state index < -0.39 is 10.0 Å². The minimum Gasteiger partial charge on any atom is -0.244 e. The molecule has 2 heterocycles. The first-order valence-electron chi connectivity index (χ1n) is 6.35. The summed E-state index contributed by atoms with van der Waals surface area (Å²) in [5, 5.41) is 8.95. The van der Waals surface area contributed by atoms with Crippen LogP contribution in [0, 0.1) is 18.3 Å². The lowest BCUT2D eigenvalue weighted by Crippen LogP contribution is -2.34. The summed E-state index contributed by atoms with van der Waals surface area (Å²) in [7, 11) is -3.75. The molecule has 0 saturated heterocycles. The van der Waals surface area contributed by atoms with Crippen LogP contribution < -0.4 is 4.72 Å². The van der Waals surface area contributed by atoms with Gasteiger partial charge in [0.25, 0.3) is 0 Å². The van der Waals surface area contributed by atoms with Crippen LogP contribution in [0.3, 0.4) is 0 Å². The van der Waals surface area contributed by atoms with Crippen LogP contribution in [0.15, 0.2) is 35.4 Å². The molecule has 0 radical (unpaired) electrons. The van der Waals surface area contributed by atoms with Crippen molar-refractivity contribution in [3.63, 3.8) is 0 Å². The van der Waals surface area contributed by atoms with Crippen molar-refractivity contribution in [2.24, 2.45) is 0 Å². The largest absolute Gasteiger partial charge is 0.244 e. The van der Waals surface area contributed by atoms with E-state index in [9.17, 15) is 8.42 Å². The van der Waals surface area contributed by atoms with Crippen LogP contribution in [-0.2, 0) is 16.4 Å². The molecule has 5 nitrogen and oxygen atoms in total. The summed E-state index contributed by atoms with van der Waals surface area (Å²) in [6, 6.07) is 8.43. The van der Waals surface area contributed by atoms with Gasteiger partial charge in [-0.15, -0.1) is 11.3 Å². The third-order valence-electron chi connectivity index (χ3n) is 2.83. The van der Waals surface area contributed by atoms with Gasteiger partial charge in [-0.3, -0.25) is 0 Å². The molecule has 0 aliphatic heterocycles. The summed E-state index contributed by atoms with van der Waals surface area (Å²) in [5.74, 6) is 0. The Bertz CT molecular complexity index is 776. The van der Waals surface area contributed by atoms with Crippen molar-refractivity contribution in [3.05, 3.63) is 45.9 Å². The number of sulfonamides is 1. The molecule has 0 spiro atoms. The topological polar surface area (TPSA) is 82.8 Å². The number of nitrogens with zero attached hydrogens (tertiary/aromatic N) is 2. The van der Waals surface area contributed by atoms with Gasteiger partial charge in [0, 0.05) is 22.0 Å². The number of rotatable bonds is 5. The van der Waals surface area contributed by atoms with Crippen molar-refractivity contribution in [3.8, 4) is 6.07 Å². The number of aromatic nitrogens is 1. The average Bonchev–Trinajstić information content (AvgIpc) is 2.83. The lowest BCUT2D eigenvalue weighted by molar-refractivity contribution is 0.560. The van der Waals surface area contributed by atoms with Crippen LogP contribution in [0.25, 0.3) is 0 Å². The smallest absolute Gasteiger partial charge is 0.243 e. The Hall–Kier alpha value is -1.75. The van der Waals surface area contributed by atoms with Gasteiger partial charge in [0.2, 0.25) is 10.0 Å². The summed E-state index contributed by atoms with van der Waals surface area (Å²) in [6.45, 7) is 3.81. The number of nitriles is 1. The first-order valence-corrected chi connectivity index (χ1v) is 8.65. The highest BCUT2D eigenvalue weighted by molar-refractivity contribution is 7.89. The molecule has 0 saturated carbocycles. The SMILES string of the molecule is Cc1ccc(CC(C)NS(=O)(=O)c2cccnc2C#N)s1. The normalized spacial score (nSPS) is 12.8. The van der Waals surface area contributed by atoms with Crippen molar-refractivity contribution in [2.75, 3.05) is 0 Å². The average molecular weight is 321 g/mol. The third-order valence-corrected chi connectivity index (χ3v) is 5.47. The highest BCUT2D eigenvalue weighted by Gasteiger charge is 2.21. The quantitative estimate of drug-likeness (QED) is 0.915. The lowest BCUT2D eigenvalue weighted by Gasteiger charge is -2.13. The van der Waals surface area contributed by atoms with Gasteiger partial charge in [0.1, 0.15) is 11.0 Å². The molecule has 110 valence electrons. The predicted octanol–water partition coefficient (Wildman–Crippen LogP) is 2.23. The zero-order valence-corrected chi connectivity index (χ0v) is 13.3. The van der Waals surface area contributed by atoms with Gasteiger partial charge < -0.3 is 0 Å².